The van der Waals surface area contributed by atoms with Crippen molar-refractivity contribution < 1.29 is 27.2 Å². The van der Waals surface area contributed by atoms with Crippen LogP contribution in [0.15, 0.2) is 109 Å². The molecule has 8 rings (SSSR count). The first-order chi connectivity index (χ1) is 24.0. The molecule has 8 aromatic rings. The van der Waals surface area contributed by atoms with Gasteiger partial charge in [-0.25, -0.2) is 4.39 Å². The van der Waals surface area contributed by atoms with E-state index in [-0.39, 0.29) is 32.1 Å². The second kappa shape index (κ2) is 14.6. The van der Waals surface area contributed by atoms with Crippen molar-refractivity contribution in [1.29, 1.82) is 0 Å². The first kappa shape index (κ1) is 32.5. The molecule has 0 unspecified atom stereocenters. The first-order valence-corrected chi connectivity index (χ1v) is 24.4. The fraction of sp³-hybridized carbons (Fsp3) is 0.163. The zero-order valence-corrected chi connectivity index (χ0v) is 33.4. The van der Waals surface area contributed by atoms with Crippen molar-refractivity contribution in [3.8, 4) is 22.5 Å². The zero-order valence-electron chi connectivity index (χ0n) is 30.1. The molecule has 0 amide bonds. The fourth-order valence-corrected chi connectivity index (χ4v) is 11.4. The van der Waals surface area contributed by atoms with Crippen molar-refractivity contribution >= 4 is 70.7 Å². The number of aryl methyl sites for hydroxylation is 2. The summed E-state index contributed by atoms with van der Waals surface area (Å²) in [6.07, 6.45) is 1.62. The molecule has 3 heterocycles. The monoisotopic (exact) mass is 901 g/mol. The molecule has 1 radical (unpaired) electrons. The van der Waals surface area contributed by atoms with Gasteiger partial charge in [0.15, 0.2) is 0 Å². The van der Waals surface area contributed by atoms with Crippen LogP contribution in [0.4, 0.5) is 4.39 Å². The Kier molecular flexibility index (Phi) is 9.69. The molecule has 0 aliphatic heterocycles. The van der Waals surface area contributed by atoms with Gasteiger partial charge < -0.3 is 4.98 Å². The van der Waals surface area contributed by atoms with Crippen molar-refractivity contribution in [2.24, 2.45) is 0 Å². The van der Waals surface area contributed by atoms with E-state index in [0.717, 1.165) is 33.1 Å². The summed E-state index contributed by atoms with van der Waals surface area (Å²) in [7, 11) is 0. The molecule has 0 atom stereocenters. The Labute approximate surface area is 311 Å². The molecule has 0 spiro atoms. The number of halogens is 1. The maximum atomic E-state index is 14.5. The molecule has 0 N–H and O–H groups in total. The Hall–Kier alpha value is -3.74. The van der Waals surface area contributed by atoms with Crippen molar-refractivity contribution in [3.63, 3.8) is 0 Å². The van der Waals surface area contributed by atoms with E-state index in [9.17, 15) is 4.39 Å². The SMILES string of the molecule is Cc1cc(-c2[c-]cccc2)nc[c]1[Ge]([CH3])([CH3])[CH3].[2H]C([2H])(CC)c1cc(-c2[c-]ccc3c2sc2c4ccccc4c4ccccc4c32)ncc1F.[Ir]. The second-order valence-electron chi connectivity index (χ2n) is 13.0. The molecular formula is C43H37FGeIrN2S-2. The molecule has 247 valence electrons. The minimum absolute atomic E-state index is 0. The molecule has 0 aliphatic carbocycles. The summed E-state index contributed by atoms with van der Waals surface area (Å²) in [6, 6.07) is 39.1. The molecule has 49 heavy (non-hydrogen) atoms. The minimum atomic E-state index is -1.77. The minimum Gasteiger partial charge on any atom is -0.302 e. The summed E-state index contributed by atoms with van der Waals surface area (Å²) in [5.74, 6) is 6.58. The van der Waals surface area contributed by atoms with Crippen molar-refractivity contribution in [1.82, 2.24) is 9.97 Å². The summed E-state index contributed by atoms with van der Waals surface area (Å²) in [6.45, 7) is 3.91. The maximum absolute atomic E-state index is 14.5. The standard InChI is InChI=1S/C28H19FNS.C15H18GeN.Ir/c1-2-8-17-15-25(30-16-24(17)29)22-13-7-14-23-26-20-11-5-3-9-18(20)19-10-4-6-12-21(19)28(26)31-27(22)23;1-12-10-15(13-8-6-5-7-9-13)17-11-14(12)16(2,3)4;/h3-7,9-12,14-16H,2,8H2,1H3;5-8,10-11H,1-4H3;/q2*-1;/i8D2;;. The summed E-state index contributed by atoms with van der Waals surface area (Å²) >= 11 is -0.0806. The van der Waals surface area contributed by atoms with Crippen molar-refractivity contribution in [2.75, 3.05) is 0 Å². The van der Waals surface area contributed by atoms with Crippen molar-refractivity contribution in [2.45, 2.75) is 43.9 Å². The van der Waals surface area contributed by atoms with Gasteiger partial charge in [-0.2, -0.15) is 11.3 Å². The Morgan fingerprint density at radius 1 is 0.755 bits per heavy atom. The summed E-state index contributed by atoms with van der Waals surface area (Å²) in [5, 5.41) is 7.14. The van der Waals surface area contributed by atoms with E-state index in [1.807, 2.05) is 24.3 Å². The van der Waals surface area contributed by atoms with Gasteiger partial charge in [0.25, 0.3) is 0 Å². The fourth-order valence-electron chi connectivity index (χ4n) is 6.50. The molecule has 0 bridgehead atoms. The van der Waals surface area contributed by atoms with E-state index in [1.165, 1.54) is 41.6 Å². The number of pyridine rings is 2. The molecule has 0 fully saturated rings. The van der Waals surface area contributed by atoms with E-state index < -0.39 is 25.5 Å². The topological polar surface area (TPSA) is 25.8 Å². The van der Waals surface area contributed by atoms with Crippen molar-refractivity contribution in [3.05, 3.63) is 139 Å². The summed E-state index contributed by atoms with van der Waals surface area (Å²) in [4.78, 5) is 8.93. The number of rotatable bonds is 5. The number of hydrogen-bond donors (Lipinski definition) is 0. The predicted octanol–water partition coefficient (Wildman–Crippen LogP) is 11.7. The van der Waals surface area contributed by atoms with Gasteiger partial charge in [0.2, 0.25) is 0 Å². The summed E-state index contributed by atoms with van der Waals surface area (Å²) in [5.41, 5.74) is 4.82. The number of thiophene rings is 1. The second-order valence-corrected chi connectivity index (χ2v) is 24.6. The molecule has 6 heteroatoms. The van der Waals surface area contributed by atoms with Gasteiger partial charge in [-0.1, -0.05) is 73.3 Å². The van der Waals surface area contributed by atoms with Gasteiger partial charge in [-0.05, 0) is 49.3 Å². The van der Waals surface area contributed by atoms with E-state index in [4.69, 9.17) is 2.74 Å². The molecule has 3 aromatic heterocycles. The molecule has 0 aliphatic rings. The summed E-state index contributed by atoms with van der Waals surface area (Å²) < 4.78 is 34.7. The number of fused-ring (bicyclic) bond motifs is 8. The average molecular weight is 900 g/mol. The molecular weight excluding hydrogens is 860 g/mol. The Morgan fingerprint density at radius 2 is 1.43 bits per heavy atom. The largest absolute Gasteiger partial charge is 0.302 e. The third kappa shape index (κ3) is 6.87. The van der Waals surface area contributed by atoms with Crippen LogP contribution in [-0.4, -0.2) is 23.2 Å². The van der Waals surface area contributed by atoms with Gasteiger partial charge in [0, 0.05) is 27.5 Å². The first-order valence-electron chi connectivity index (χ1n) is 17.2. The molecule has 5 aromatic carbocycles. The smallest absolute Gasteiger partial charge is 0.142 e. The number of nitrogens with zero attached hydrogens (tertiary/aromatic N) is 2. The average Bonchev–Trinajstić information content (AvgIpc) is 3.53. The van der Waals surface area contributed by atoms with Gasteiger partial charge in [0.1, 0.15) is 5.82 Å². The van der Waals surface area contributed by atoms with Crippen LogP contribution < -0.4 is 4.40 Å². The van der Waals surface area contributed by atoms with Crippen LogP contribution in [0.1, 0.15) is 27.2 Å². The number of hydrogen-bond acceptors (Lipinski definition) is 3. The molecule has 0 saturated heterocycles. The van der Waals surface area contributed by atoms with Gasteiger partial charge in [-0.15, -0.1) is 23.8 Å². The van der Waals surface area contributed by atoms with E-state index in [0.29, 0.717) is 5.69 Å². The van der Waals surface area contributed by atoms with E-state index in [1.54, 1.807) is 24.3 Å². The Bertz CT molecular complexity index is 2530. The van der Waals surface area contributed by atoms with Crippen LogP contribution in [0.25, 0.3) is 64.2 Å². The predicted molar refractivity (Wildman–Crippen MR) is 207 cm³/mol. The van der Waals surface area contributed by atoms with Crippen LogP contribution in [0.5, 0.6) is 0 Å². The van der Waals surface area contributed by atoms with Crippen LogP contribution in [0.2, 0.25) is 17.3 Å². The van der Waals surface area contributed by atoms with Gasteiger partial charge in [-0.3, -0.25) is 0 Å². The normalized spacial score (nSPS) is 12.4. The maximum Gasteiger partial charge on any atom is 0.142 e. The van der Waals surface area contributed by atoms with Crippen LogP contribution in [0, 0.1) is 24.9 Å². The Balaban J connectivity index is 0.000000211. The molecule has 0 saturated carbocycles. The number of benzene rings is 5. The van der Waals surface area contributed by atoms with Crippen LogP contribution >= 0.6 is 11.3 Å². The Morgan fingerprint density at radius 3 is 2.10 bits per heavy atom. The van der Waals surface area contributed by atoms with Crippen LogP contribution in [-0.2, 0) is 26.5 Å². The van der Waals surface area contributed by atoms with E-state index >= 15 is 0 Å². The zero-order chi connectivity index (χ0) is 35.2. The number of aromatic nitrogens is 2. The quantitative estimate of drug-likeness (QED) is 0.0977. The molecule has 2 nitrogen and oxygen atoms in total. The van der Waals surface area contributed by atoms with Crippen LogP contribution in [0.3, 0.4) is 0 Å². The third-order valence-corrected chi connectivity index (χ3v) is 14.4. The van der Waals surface area contributed by atoms with Gasteiger partial charge >= 0.3 is 106 Å². The third-order valence-electron chi connectivity index (χ3n) is 8.69. The van der Waals surface area contributed by atoms with E-state index in [2.05, 4.69) is 119 Å². The van der Waals surface area contributed by atoms with Gasteiger partial charge in [0.05, 0.1) is 6.20 Å².